The van der Waals surface area contributed by atoms with Gasteiger partial charge in [0, 0.05) is 0 Å². The Morgan fingerprint density at radius 3 is 2.62 bits per heavy atom. The number of carbonyl (C=O) groups excluding carboxylic acids is 1. The molecule has 1 aromatic carbocycles. The first-order valence-electron chi connectivity index (χ1n) is 5.35. The van der Waals surface area contributed by atoms with Crippen molar-refractivity contribution in [1.82, 2.24) is 0 Å². The molecule has 3 nitrogen and oxygen atoms in total. The minimum atomic E-state index is -0.374. The third kappa shape index (κ3) is 4.17. The summed E-state index contributed by atoms with van der Waals surface area (Å²) >= 11 is 0. The largest absolute Gasteiger partial charge is 0.508 e. The van der Waals surface area contributed by atoms with Gasteiger partial charge < -0.3 is 9.84 Å². The van der Waals surface area contributed by atoms with Crippen LogP contribution in [0, 0.1) is 0 Å². The van der Waals surface area contributed by atoms with Gasteiger partial charge in [0.25, 0.3) is 0 Å². The average Bonchev–Trinajstić information content (AvgIpc) is 2.29. The van der Waals surface area contributed by atoms with E-state index in [9.17, 15) is 4.79 Å². The molecule has 0 fully saturated rings. The van der Waals surface area contributed by atoms with Crippen LogP contribution in [0.3, 0.4) is 0 Å². The van der Waals surface area contributed by atoms with Gasteiger partial charge >= 0.3 is 5.97 Å². The van der Waals surface area contributed by atoms with Crippen molar-refractivity contribution >= 4 is 5.97 Å². The highest BCUT2D eigenvalue weighted by molar-refractivity contribution is 5.89. The number of esters is 1. The molecular weight excluding hydrogens is 204 g/mol. The lowest BCUT2D eigenvalue weighted by atomic mass is 10.2. The predicted molar refractivity (Wildman–Crippen MR) is 62.4 cm³/mol. The quantitative estimate of drug-likeness (QED) is 0.613. The lowest BCUT2D eigenvalue weighted by molar-refractivity contribution is 0.0549. The summed E-state index contributed by atoms with van der Waals surface area (Å²) < 4.78 is 5.01. The molecule has 0 spiro atoms. The minimum absolute atomic E-state index is 0.138. The van der Waals surface area contributed by atoms with Crippen LogP contribution in [0.4, 0.5) is 0 Å². The summed E-state index contributed by atoms with van der Waals surface area (Å²) in [5, 5.41) is 9.05. The second-order valence-corrected chi connectivity index (χ2v) is 3.41. The molecule has 86 valence electrons. The molecule has 0 atom stereocenters. The standard InChI is InChI=1S/C13H16O3/c1-2-3-4-5-10-16-13(15)11-6-8-12(14)9-7-11/h4-9,14H,2-3,10H2,1H3/b5-4+. The molecule has 1 aromatic rings. The fourth-order valence-electron chi connectivity index (χ4n) is 1.16. The maximum absolute atomic E-state index is 11.5. The normalized spacial score (nSPS) is 10.6. The van der Waals surface area contributed by atoms with Gasteiger partial charge in [0.15, 0.2) is 0 Å². The van der Waals surface area contributed by atoms with E-state index >= 15 is 0 Å². The summed E-state index contributed by atoms with van der Waals surface area (Å²) in [7, 11) is 0. The zero-order valence-electron chi connectivity index (χ0n) is 9.35. The van der Waals surface area contributed by atoms with E-state index in [2.05, 4.69) is 6.92 Å². The van der Waals surface area contributed by atoms with E-state index < -0.39 is 0 Å². The van der Waals surface area contributed by atoms with Crippen molar-refractivity contribution in [2.24, 2.45) is 0 Å². The molecule has 0 amide bonds. The molecule has 0 saturated heterocycles. The molecule has 0 aliphatic carbocycles. The van der Waals surface area contributed by atoms with Crippen LogP contribution < -0.4 is 0 Å². The van der Waals surface area contributed by atoms with Crippen molar-refractivity contribution in [2.45, 2.75) is 19.8 Å². The van der Waals surface area contributed by atoms with Gasteiger partial charge in [-0.2, -0.15) is 0 Å². The summed E-state index contributed by atoms with van der Waals surface area (Å²) in [5.41, 5.74) is 0.446. The number of phenolic OH excluding ortho intramolecular Hbond substituents is 1. The van der Waals surface area contributed by atoms with E-state index in [1.807, 2.05) is 12.2 Å². The van der Waals surface area contributed by atoms with Crippen molar-refractivity contribution in [3.8, 4) is 5.75 Å². The molecule has 0 bridgehead atoms. The van der Waals surface area contributed by atoms with Crippen LogP contribution in [-0.2, 0) is 4.74 Å². The molecule has 0 aliphatic rings. The van der Waals surface area contributed by atoms with E-state index in [0.717, 1.165) is 12.8 Å². The topological polar surface area (TPSA) is 46.5 Å². The van der Waals surface area contributed by atoms with Gasteiger partial charge in [-0.15, -0.1) is 0 Å². The fourth-order valence-corrected chi connectivity index (χ4v) is 1.16. The minimum Gasteiger partial charge on any atom is -0.508 e. The number of ether oxygens (including phenoxy) is 1. The third-order valence-corrected chi connectivity index (χ3v) is 2.04. The monoisotopic (exact) mass is 220 g/mol. The highest BCUT2D eigenvalue weighted by atomic mass is 16.5. The number of hydrogen-bond acceptors (Lipinski definition) is 3. The summed E-state index contributed by atoms with van der Waals surface area (Å²) in [6.45, 7) is 2.38. The van der Waals surface area contributed by atoms with E-state index in [4.69, 9.17) is 9.84 Å². The SMILES string of the molecule is CCC/C=C/COC(=O)c1ccc(O)cc1. The zero-order valence-corrected chi connectivity index (χ0v) is 9.35. The molecule has 3 heteroatoms. The first-order chi connectivity index (χ1) is 7.74. The molecule has 0 aliphatic heterocycles. The number of allylic oxidation sites excluding steroid dienone is 1. The van der Waals surface area contributed by atoms with Gasteiger partial charge in [-0.1, -0.05) is 25.5 Å². The van der Waals surface area contributed by atoms with E-state index in [0.29, 0.717) is 12.2 Å². The molecule has 1 N–H and O–H groups in total. The van der Waals surface area contributed by atoms with Gasteiger partial charge in [0.2, 0.25) is 0 Å². The van der Waals surface area contributed by atoms with Crippen molar-refractivity contribution in [1.29, 1.82) is 0 Å². The van der Waals surface area contributed by atoms with Crippen LogP contribution in [-0.4, -0.2) is 17.7 Å². The van der Waals surface area contributed by atoms with Gasteiger partial charge in [-0.3, -0.25) is 0 Å². The lowest BCUT2D eigenvalue weighted by Gasteiger charge is -2.01. The van der Waals surface area contributed by atoms with Gasteiger partial charge in [0.05, 0.1) is 5.56 Å². The van der Waals surface area contributed by atoms with E-state index in [1.54, 1.807) is 0 Å². The number of rotatable bonds is 5. The predicted octanol–water partition coefficient (Wildman–Crippen LogP) is 2.91. The van der Waals surface area contributed by atoms with E-state index in [-0.39, 0.29) is 11.7 Å². The second kappa shape index (κ2) is 6.67. The van der Waals surface area contributed by atoms with Gasteiger partial charge in [-0.25, -0.2) is 4.79 Å². The Kier molecular flexibility index (Phi) is 5.12. The number of unbranched alkanes of at least 4 members (excludes halogenated alkanes) is 1. The maximum atomic E-state index is 11.5. The van der Waals surface area contributed by atoms with E-state index in [1.165, 1.54) is 24.3 Å². The Balaban J connectivity index is 2.38. The number of phenols is 1. The summed E-state index contributed by atoms with van der Waals surface area (Å²) in [6, 6.07) is 5.99. The fraction of sp³-hybridized carbons (Fsp3) is 0.308. The smallest absolute Gasteiger partial charge is 0.338 e. The first-order valence-corrected chi connectivity index (χ1v) is 5.35. The number of hydrogen-bond donors (Lipinski definition) is 1. The van der Waals surface area contributed by atoms with Crippen molar-refractivity contribution in [3.63, 3.8) is 0 Å². The third-order valence-electron chi connectivity index (χ3n) is 2.04. The Morgan fingerprint density at radius 2 is 2.00 bits per heavy atom. The maximum Gasteiger partial charge on any atom is 0.338 e. The Labute approximate surface area is 95.4 Å². The van der Waals surface area contributed by atoms with Crippen molar-refractivity contribution in [2.75, 3.05) is 6.61 Å². The number of benzene rings is 1. The molecular formula is C13H16O3. The summed E-state index contributed by atoms with van der Waals surface area (Å²) in [5.74, 6) is -0.236. The molecule has 1 rings (SSSR count). The number of aromatic hydroxyl groups is 1. The Bertz CT molecular complexity index is 352. The van der Waals surface area contributed by atoms with Crippen molar-refractivity contribution < 1.29 is 14.6 Å². The summed E-state index contributed by atoms with van der Waals surface area (Å²) in [6.07, 6.45) is 5.91. The Morgan fingerprint density at radius 1 is 1.31 bits per heavy atom. The molecule has 0 saturated carbocycles. The molecule has 0 unspecified atom stereocenters. The molecule has 16 heavy (non-hydrogen) atoms. The van der Waals surface area contributed by atoms with Gasteiger partial charge in [-0.05, 0) is 30.7 Å². The second-order valence-electron chi connectivity index (χ2n) is 3.41. The molecule has 0 aromatic heterocycles. The average molecular weight is 220 g/mol. The van der Waals surface area contributed by atoms with Crippen LogP contribution in [0.15, 0.2) is 36.4 Å². The molecule has 0 heterocycles. The molecule has 0 radical (unpaired) electrons. The number of carbonyl (C=O) groups is 1. The van der Waals surface area contributed by atoms with Crippen LogP contribution in [0.5, 0.6) is 5.75 Å². The van der Waals surface area contributed by atoms with Crippen LogP contribution in [0.2, 0.25) is 0 Å². The zero-order chi connectivity index (χ0) is 11.8. The van der Waals surface area contributed by atoms with Crippen LogP contribution >= 0.6 is 0 Å². The van der Waals surface area contributed by atoms with Crippen LogP contribution in [0.25, 0.3) is 0 Å². The van der Waals surface area contributed by atoms with Gasteiger partial charge in [0.1, 0.15) is 12.4 Å². The Hall–Kier alpha value is -1.77. The highest BCUT2D eigenvalue weighted by Crippen LogP contribution is 2.10. The highest BCUT2D eigenvalue weighted by Gasteiger charge is 2.04. The lowest BCUT2D eigenvalue weighted by Crippen LogP contribution is -2.04. The summed E-state index contributed by atoms with van der Waals surface area (Å²) in [4.78, 5) is 11.5. The first kappa shape index (κ1) is 12.3. The van der Waals surface area contributed by atoms with Crippen molar-refractivity contribution in [3.05, 3.63) is 42.0 Å². The van der Waals surface area contributed by atoms with Crippen LogP contribution in [0.1, 0.15) is 30.1 Å².